The molecule has 7 nitrogen and oxygen atoms in total. The fraction of sp³-hybridized carbons (Fsp3) is 0.0952. The van der Waals surface area contributed by atoms with Gasteiger partial charge in [-0.05, 0) is 43.3 Å². The average molecular weight is 418 g/mol. The van der Waals surface area contributed by atoms with Crippen LogP contribution in [0.5, 0.6) is 0 Å². The Bertz CT molecular complexity index is 1300. The van der Waals surface area contributed by atoms with Gasteiger partial charge in [0.05, 0.1) is 22.5 Å². The number of benzene rings is 2. The standard InChI is InChI=1S/C21H15FN6OS/c1-13(19-26-27-20(29-19)14-5-3-2-4-6-14)30-21-17-11-25-28(18(17)23-12-24-21)16-9-7-15(22)8-10-16/h2-13H,1H3. The van der Waals surface area contributed by atoms with Crippen molar-refractivity contribution in [2.45, 2.75) is 17.2 Å². The summed E-state index contributed by atoms with van der Waals surface area (Å²) >= 11 is 1.48. The molecular formula is C21H15FN6OS. The van der Waals surface area contributed by atoms with Crippen molar-refractivity contribution in [1.29, 1.82) is 0 Å². The van der Waals surface area contributed by atoms with Gasteiger partial charge in [0, 0.05) is 5.56 Å². The van der Waals surface area contributed by atoms with E-state index in [1.54, 1.807) is 23.0 Å². The fourth-order valence-electron chi connectivity index (χ4n) is 3.00. The summed E-state index contributed by atoms with van der Waals surface area (Å²) in [6.07, 6.45) is 3.19. The molecule has 0 bridgehead atoms. The topological polar surface area (TPSA) is 82.5 Å². The Morgan fingerprint density at radius 1 is 1.00 bits per heavy atom. The summed E-state index contributed by atoms with van der Waals surface area (Å²) in [6.45, 7) is 1.98. The maximum absolute atomic E-state index is 13.2. The second-order valence-corrected chi connectivity index (χ2v) is 7.85. The molecule has 0 saturated heterocycles. The van der Waals surface area contributed by atoms with Crippen LogP contribution in [-0.2, 0) is 0 Å². The van der Waals surface area contributed by atoms with Crippen molar-refractivity contribution in [3.63, 3.8) is 0 Å². The van der Waals surface area contributed by atoms with Gasteiger partial charge in [-0.2, -0.15) is 5.10 Å². The van der Waals surface area contributed by atoms with Crippen molar-refractivity contribution < 1.29 is 8.81 Å². The molecule has 0 saturated carbocycles. The number of thioether (sulfide) groups is 1. The number of hydrogen-bond donors (Lipinski definition) is 0. The molecular weight excluding hydrogens is 403 g/mol. The third kappa shape index (κ3) is 3.43. The second-order valence-electron chi connectivity index (χ2n) is 6.52. The van der Waals surface area contributed by atoms with Crippen LogP contribution >= 0.6 is 11.8 Å². The van der Waals surface area contributed by atoms with Crippen molar-refractivity contribution in [3.05, 3.63) is 78.8 Å². The summed E-state index contributed by atoms with van der Waals surface area (Å²) in [4.78, 5) is 8.76. The normalized spacial score (nSPS) is 12.3. The third-order valence-corrected chi connectivity index (χ3v) is 5.60. The molecule has 5 aromatic rings. The number of hydrogen-bond acceptors (Lipinski definition) is 7. The summed E-state index contributed by atoms with van der Waals surface area (Å²) in [5.74, 6) is 0.691. The van der Waals surface area contributed by atoms with Crippen LogP contribution in [0.1, 0.15) is 18.1 Å². The molecule has 2 aromatic carbocycles. The predicted molar refractivity (Wildman–Crippen MR) is 111 cm³/mol. The minimum Gasteiger partial charge on any atom is -0.419 e. The highest BCUT2D eigenvalue weighted by molar-refractivity contribution is 7.99. The number of rotatable bonds is 5. The molecule has 0 amide bonds. The van der Waals surface area contributed by atoms with E-state index >= 15 is 0 Å². The maximum Gasteiger partial charge on any atom is 0.247 e. The van der Waals surface area contributed by atoms with Gasteiger partial charge in [-0.15, -0.1) is 10.2 Å². The minimum absolute atomic E-state index is 0.123. The monoisotopic (exact) mass is 418 g/mol. The van der Waals surface area contributed by atoms with Gasteiger partial charge in [0.25, 0.3) is 0 Å². The van der Waals surface area contributed by atoms with E-state index in [1.807, 2.05) is 37.3 Å². The molecule has 0 radical (unpaired) electrons. The van der Waals surface area contributed by atoms with E-state index in [0.717, 1.165) is 21.7 Å². The second kappa shape index (κ2) is 7.68. The van der Waals surface area contributed by atoms with E-state index in [4.69, 9.17) is 4.42 Å². The van der Waals surface area contributed by atoms with Gasteiger partial charge in [0.2, 0.25) is 11.8 Å². The van der Waals surface area contributed by atoms with Crippen LogP contribution in [0, 0.1) is 5.82 Å². The van der Waals surface area contributed by atoms with Crippen LogP contribution in [0.2, 0.25) is 0 Å². The first-order valence-electron chi connectivity index (χ1n) is 9.19. The Morgan fingerprint density at radius 3 is 2.60 bits per heavy atom. The lowest BCUT2D eigenvalue weighted by Crippen LogP contribution is -1.98. The highest BCUT2D eigenvalue weighted by atomic mass is 32.2. The summed E-state index contributed by atoms with van der Waals surface area (Å²) in [5, 5.41) is 14.2. The first-order chi connectivity index (χ1) is 14.7. The molecule has 0 fully saturated rings. The molecule has 1 unspecified atom stereocenters. The number of nitrogens with zero attached hydrogens (tertiary/aromatic N) is 6. The summed E-state index contributed by atoms with van der Waals surface area (Å²) in [5.41, 5.74) is 2.23. The maximum atomic E-state index is 13.2. The smallest absolute Gasteiger partial charge is 0.247 e. The molecule has 0 aliphatic heterocycles. The van der Waals surface area contributed by atoms with Gasteiger partial charge < -0.3 is 4.42 Å². The SMILES string of the molecule is CC(Sc1ncnc2c1cnn2-c1ccc(F)cc1)c1nnc(-c2ccccc2)o1. The van der Waals surface area contributed by atoms with Crippen LogP contribution in [0.25, 0.3) is 28.2 Å². The zero-order valence-corrected chi connectivity index (χ0v) is 16.6. The van der Waals surface area contributed by atoms with Crippen molar-refractivity contribution >= 4 is 22.8 Å². The first kappa shape index (κ1) is 18.4. The Hall–Kier alpha value is -3.59. The minimum atomic E-state index is -0.302. The van der Waals surface area contributed by atoms with E-state index < -0.39 is 0 Å². The van der Waals surface area contributed by atoms with Crippen molar-refractivity contribution in [1.82, 2.24) is 29.9 Å². The fourth-order valence-corrected chi connectivity index (χ4v) is 3.91. The van der Waals surface area contributed by atoms with E-state index in [2.05, 4.69) is 25.3 Å². The van der Waals surface area contributed by atoms with Crippen LogP contribution in [-0.4, -0.2) is 29.9 Å². The van der Waals surface area contributed by atoms with Gasteiger partial charge in [0.1, 0.15) is 17.2 Å². The number of fused-ring (bicyclic) bond motifs is 1. The lowest BCUT2D eigenvalue weighted by Gasteiger charge is -2.07. The lowest BCUT2D eigenvalue weighted by atomic mass is 10.2. The van der Waals surface area contributed by atoms with E-state index in [9.17, 15) is 4.39 Å². The molecule has 9 heteroatoms. The number of halogens is 1. The summed E-state index contributed by atoms with van der Waals surface area (Å²) < 4.78 is 20.8. The van der Waals surface area contributed by atoms with Crippen LogP contribution in [0.15, 0.2) is 76.6 Å². The zero-order chi connectivity index (χ0) is 20.5. The Balaban J connectivity index is 1.43. The molecule has 0 N–H and O–H groups in total. The van der Waals surface area contributed by atoms with Gasteiger partial charge in [0.15, 0.2) is 5.65 Å². The molecule has 1 atom stereocenters. The van der Waals surface area contributed by atoms with Gasteiger partial charge in [-0.25, -0.2) is 19.0 Å². The third-order valence-electron chi connectivity index (χ3n) is 4.50. The molecule has 5 rings (SSSR count). The predicted octanol–water partition coefficient (Wildman–Crippen LogP) is 4.86. The molecule has 0 aliphatic rings. The molecule has 3 heterocycles. The van der Waals surface area contributed by atoms with Gasteiger partial charge >= 0.3 is 0 Å². The highest BCUT2D eigenvalue weighted by Crippen LogP contribution is 2.37. The molecule has 0 spiro atoms. The van der Waals surface area contributed by atoms with Crippen LogP contribution in [0.3, 0.4) is 0 Å². The molecule has 30 heavy (non-hydrogen) atoms. The van der Waals surface area contributed by atoms with E-state index in [-0.39, 0.29) is 11.1 Å². The molecule has 148 valence electrons. The zero-order valence-electron chi connectivity index (χ0n) is 15.8. The Morgan fingerprint density at radius 2 is 1.80 bits per heavy atom. The summed E-state index contributed by atoms with van der Waals surface area (Å²) in [6, 6.07) is 15.7. The molecule has 0 aliphatic carbocycles. The van der Waals surface area contributed by atoms with Gasteiger partial charge in [-0.1, -0.05) is 30.0 Å². The van der Waals surface area contributed by atoms with Crippen LogP contribution in [0.4, 0.5) is 4.39 Å². The van der Waals surface area contributed by atoms with E-state index in [0.29, 0.717) is 17.4 Å². The Kier molecular flexibility index (Phi) is 4.72. The Labute approximate surface area is 175 Å². The van der Waals surface area contributed by atoms with Crippen molar-refractivity contribution in [2.24, 2.45) is 0 Å². The number of aromatic nitrogens is 6. The van der Waals surface area contributed by atoms with Gasteiger partial charge in [-0.3, -0.25) is 0 Å². The first-order valence-corrected chi connectivity index (χ1v) is 10.1. The lowest BCUT2D eigenvalue weighted by molar-refractivity contribution is 0.509. The quantitative estimate of drug-likeness (QED) is 0.298. The highest BCUT2D eigenvalue weighted by Gasteiger charge is 2.20. The van der Waals surface area contributed by atoms with Crippen molar-refractivity contribution in [2.75, 3.05) is 0 Å². The van der Waals surface area contributed by atoms with E-state index in [1.165, 1.54) is 30.2 Å². The molecule has 3 aromatic heterocycles. The van der Waals surface area contributed by atoms with Crippen molar-refractivity contribution in [3.8, 4) is 17.1 Å². The summed E-state index contributed by atoms with van der Waals surface area (Å²) in [7, 11) is 0. The average Bonchev–Trinajstić information content (AvgIpc) is 3.43. The van der Waals surface area contributed by atoms with Crippen LogP contribution < -0.4 is 0 Å². The largest absolute Gasteiger partial charge is 0.419 e.